The van der Waals surface area contributed by atoms with Gasteiger partial charge in [-0.05, 0) is 26.3 Å². The van der Waals surface area contributed by atoms with Gasteiger partial charge in [0.15, 0.2) is 0 Å². The van der Waals surface area contributed by atoms with E-state index in [1.165, 1.54) is 0 Å². The van der Waals surface area contributed by atoms with Crippen LogP contribution >= 0.6 is 0 Å². The Morgan fingerprint density at radius 3 is 2.73 bits per heavy atom. The Kier molecular flexibility index (Phi) is 5.28. The minimum atomic E-state index is -0.515. The zero-order valence-electron chi connectivity index (χ0n) is 9.14. The molecule has 0 aliphatic carbocycles. The zero-order valence-corrected chi connectivity index (χ0v) is 9.14. The molecule has 1 unspecified atom stereocenters. The summed E-state index contributed by atoms with van der Waals surface area (Å²) < 4.78 is 0. The number of hydrogen-bond acceptors (Lipinski definition) is 4. The second-order valence-corrected chi connectivity index (χ2v) is 3.79. The van der Waals surface area contributed by atoms with Crippen LogP contribution in [0.3, 0.4) is 0 Å². The van der Waals surface area contributed by atoms with Gasteiger partial charge in [-0.1, -0.05) is 0 Å². The smallest absolute Gasteiger partial charge is 0.231 e. The van der Waals surface area contributed by atoms with Crippen molar-refractivity contribution >= 4 is 11.7 Å². The van der Waals surface area contributed by atoms with Crippen molar-refractivity contribution in [3.63, 3.8) is 0 Å². The van der Waals surface area contributed by atoms with E-state index in [4.69, 9.17) is 0 Å². The van der Waals surface area contributed by atoms with Crippen molar-refractivity contribution < 1.29 is 9.59 Å². The summed E-state index contributed by atoms with van der Waals surface area (Å²) in [6.07, 6.45) is 2.33. The van der Waals surface area contributed by atoms with Gasteiger partial charge in [0.25, 0.3) is 0 Å². The molecule has 1 atom stereocenters. The molecule has 1 rings (SSSR count). The number of carbonyl (C=O) groups excluding carboxylic acids is 2. The molecule has 5 heteroatoms. The first-order chi connectivity index (χ1) is 7.22. The molecule has 1 fully saturated rings. The van der Waals surface area contributed by atoms with Crippen molar-refractivity contribution in [2.45, 2.75) is 26.2 Å². The molecule has 1 heterocycles. The molecule has 15 heavy (non-hydrogen) atoms. The highest BCUT2D eigenvalue weighted by atomic mass is 16.2. The molecule has 1 saturated heterocycles. The number of Topliss-reactive ketones (excluding diaryl/α,β-unsaturated/α-hetero) is 1. The third-order valence-corrected chi connectivity index (χ3v) is 2.54. The highest BCUT2D eigenvalue weighted by Gasteiger charge is 2.20. The number of hydrogen-bond donors (Lipinski definition) is 3. The lowest BCUT2D eigenvalue weighted by molar-refractivity contribution is -0.133. The molecule has 86 valence electrons. The van der Waals surface area contributed by atoms with Crippen molar-refractivity contribution in [2.75, 3.05) is 19.9 Å². The number of nitrogens with one attached hydrogen (secondary N) is 3. The summed E-state index contributed by atoms with van der Waals surface area (Å²) in [6.45, 7) is 3.66. The van der Waals surface area contributed by atoms with Gasteiger partial charge in [-0.3, -0.25) is 14.9 Å². The first kappa shape index (κ1) is 12.1. The first-order valence-electron chi connectivity index (χ1n) is 5.43. The van der Waals surface area contributed by atoms with Crippen molar-refractivity contribution in [1.82, 2.24) is 16.0 Å². The van der Waals surface area contributed by atoms with E-state index in [9.17, 15) is 9.59 Å². The Balaban J connectivity index is 2.44. The number of rotatable bonds is 0. The van der Waals surface area contributed by atoms with Crippen LogP contribution in [-0.2, 0) is 9.59 Å². The monoisotopic (exact) mass is 213 g/mol. The third kappa shape index (κ3) is 4.40. The standard InChI is InChI=1S/C10H19N3O2/c1-8-9(14)4-2-3-5-11-6-12-7-13-10(8)15/h8,11-12H,2-7H2,1H3,(H,13,15). The second kappa shape index (κ2) is 6.53. The SMILES string of the molecule is CC1C(=O)CCCCNCNCNC1=O. The predicted octanol–water partition coefficient (Wildman–Crippen LogP) is -0.414. The van der Waals surface area contributed by atoms with E-state index in [1.807, 2.05) is 0 Å². The van der Waals surface area contributed by atoms with Gasteiger partial charge in [0.1, 0.15) is 5.78 Å². The minimum absolute atomic E-state index is 0.0353. The Bertz CT molecular complexity index is 209. The molecule has 0 spiro atoms. The quantitative estimate of drug-likeness (QED) is 0.478. The normalized spacial score (nSPS) is 26.3. The third-order valence-electron chi connectivity index (χ3n) is 2.54. The van der Waals surface area contributed by atoms with Crippen LogP contribution in [0.4, 0.5) is 0 Å². The molecule has 0 aromatic carbocycles. The van der Waals surface area contributed by atoms with Gasteiger partial charge in [0, 0.05) is 13.1 Å². The molecule has 0 saturated carbocycles. The second-order valence-electron chi connectivity index (χ2n) is 3.79. The van der Waals surface area contributed by atoms with Crippen molar-refractivity contribution in [1.29, 1.82) is 0 Å². The molecule has 1 aliphatic heterocycles. The average Bonchev–Trinajstić information content (AvgIpc) is 2.23. The molecule has 3 N–H and O–H groups in total. The van der Waals surface area contributed by atoms with Gasteiger partial charge in [-0.25, -0.2) is 0 Å². The molecule has 0 radical (unpaired) electrons. The molecule has 1 aliphatic rings. The maximum absolute atomic E-state index is 11.5. The topological polar surface area (TPSA) is 70.2 Å². The first-order valence-corrected chi connectivity index (χ1v) is 5.43. The Morgan fingerprint density at radius 1 is 1.13 bits per heavy atom. The maximum atomic E-state index is 11.5. The lowest BCUT2D eigenvalue weighted by atomic mass is 10.0. The number of amides is 1. The van der Waals surface area contributed by atoms with Crippen molar-refractivity contribution in [3.8, 4) is 0 Å². The largest absolute Gasteiger partial charge is 0.343 e. The predicted molar refractivity (Wildman–Crippen MR) is 57.0 cm³/mol. The van der Waals surface area contributed by atoms with Gasteiger partial charge in [-0.2, -0.15) is 0 Å². The van der Waals surface area contributed by atoms with Crippen LogP contribution in [0, 0.1) is 5.92 Å². The number of ketones is 1. The van der Waals surface area contributed by atoms with Gasteiger partial charge in [0.05, 0.1) is 12.6 Å². The van der Waals surface area contributed by atoms with E-state index < -0.39 is 5.92 Å². The van der Waals surface area contributed by atoms with Gasteiger partial charge in [0.2, 0.25) is 5.91 Å². The molecule has 0 aromatic heterocycles. The van der Waals surface area contributed by atoms with Crippen molar-refractivity contribution in [2.24, 2.45) is 5.92 Å². The van der Waals surface area contributed by atoms with E-state index in [1.54, 1.807) is 6.92 Å². The molecule has 0 aromatic rings. The van der Waals surface area contributed by atoms with Crippen LogP contribution < -0.4 is 16.0 Å². The highest BCUT2D eigenvalue weighted by Crippen LogP contribution is 2.05. The molecule has 0 bridgehead atoms. The summed E-state index contributed by atoms with van der Waals surface area (Å²) in [4.78, 5) is 23.0. The van der Waals surface area contributed by atoms with Crippen LogP contribution in [0.25, 0.3) is 0 Å². The van der Waals surface area contributed by atoms with Crippen LogP contribution in [-0.4, -0.2) is 31.6 Å². The van der Waals surface area contributed by atoms with Gasteiger partial charge < -0.3 is 10.6 Å². The summed E-state index contributed by atoms with van der Waals surface area (Å²) in [6, 6.07) is 0. The number of carbonyl (C=O) groups is 2. The van der Waals surface area contributed by atoms with Crippen LogP contribution in [0.15, 0.2) is 0 Å². The van der Waals surface area contributed by atoms with E-state index in [2.05, 4.69) is 16.0 Å². The highest BCUT2D eigenvalue weighted by molar-refractivity contribution is 6.00. The zero-order chi connectivity index (χ0) is 11.1. The maximum Gasteiger partial charge on any atom is 0.231 e. The molecular formula is C10H19N3O2. The van der Waals surface area contributed by atoms with Crippen LogP contribution in [0.2, 0.25) is 0 Å². The molecular weight excluding hydrogens is 194 g/mol. The van der Waals surface area contributed by atoms with Gasteiger partial charge >= 0.3 is 0 Å². The molecule has 1 amide bonds. The van der Waals surface area contributed by atoms with Gasteiger partial charge in [-0.15, -0.1) is 0 Å². The fourth-order valence-electron chi connectivity index (χ4n) is 1.45. The van der Waals surface area contributed by atoms with E-state index in [0.29, 0.717) is 19.8 Å². The fourth-order valence-corrected chi connectivity index (χ4v) is 1.45. The summed E-state index contributed by atoms with van der Waals surface area (Å²) >= 11 is 0. The van der Waals surface area contributed by atoms with Crippen molar-refractivity contribution in [3.05, 3.63) is 0 Å². The van der Waals surface area contributed by atoms with E-state index in [-0.39, 0.29) is 11.7 Å². The Labute approximate surface area is 90.0 Å². The Morgan fingerprint density at radius 2 is 1.93 bits per heavy atom. The fraction of sp³-hybridized carbons (Fsp3) is 0.800. The minimum Gasteiger partial charge on any atom is -0.343 e. The lowest BCUT2D eigenvalue weighted by Gasteiger charge is -2.14. The lowest BCUT2D eigenvalue weighted by Crippen LogP contribution is -2.42. The summed E-state index contributed by atoms with van der Waals surface area (Å²) in [7, 11) is 0. The van der Waals surface area contributed by atoms with E-state index in [0.717, 1.165) is 19.4 Å². The average molecular weight is 213 g/mol. The van der Waals surface area contributed by atoms with Crippen LogP contribution in [0.1, 0.15) is 26.2 Å². The summed E-state index contributed by atoms with van der Waals surface area (Å²) in [5.74, 6) is -0.666. The van der Waals surface area contributed by atoms with E-state index >= 15 is 0 Å². The Hall–Kier alpha value is -0.940. The molecule has 5 nitrogen and oxygen atoms in total. The van der Waals surface area contributed by atoms with Crippen LogP contribution in [0.5, 0.6) is 0 Å². The summed E-state index contributed by atoms with van der Waals surface area (Å²) in [5.41, 5.74) is 0. The summed E-state index contributed by atoms with van der Waals surface area (Å²) in [5, 5.41) is 8.85.